The summed E-state index contributed by atoms with van der Waals surface area (Å²) in [6.45, 7) is 7.20. The maximum atomic E-state index is 13.1. The lowest BCUT2D eigenvalue weighted by molar-refractivity contribution is -0.146. The minimum Gasteiger partial charge on any atom is -0.464 e. The molecule has 0 bridgehead atoms. The monoisotopic (exact) mass is 475 g/mol. The number of ether oxygens (including phenoxy) is 2. The number of hydrogen-bond donors (Lipinski definition) is 1. The van der Waals surface area contributed by atoms with Crippen molar-refractivity contribution in [1.29, 1.82) is 0 Å². The first-order valence-corrected chi connectivity index (χ1v) is 15.1. The van der Waals surface area contributed by atoms with Crippen molar-refractivity contribution in [2.24, 2.45) is 0 Å². The third-order valence-corrected chi connectivity index (χ3v) is 8.30. The predicted molar refractivity (Wildman–Crippen MR) is 137 cm³/mol. The fourth-order valence-electron chi connectivity index (χ4n) is 3.75. The molecule has 0 aliphatic rings. The van der Waals surface area contributed by atoms with Gasteiger partial charge in [-0.1, -0.05) is 111 Å². The van der Waals surface area contributed by atoms with Gasteiger partial charge in [0, 0.05) is 12.0 Å². The molecule has 0 saturated heterocycles. The summed E-state index contributed by atoms with van der Waals surface area (Å²) in [5.74, 6) is -0.459. The van der Waals surface area contributed by atoms with E-state index >= 15 is 0 Å². The fraction of sp³-hybridized carbons (Fsp3) is 0.286. The molecule has 6 heteroatoms. The molecule has 3 rings (SSSR count). The van der Waals surface area contributed by atoms with E-state index in [1.807, 2.05) is 78.9 Å². The lowest BCUT2D eigenvalue weighted by atomic mass is 10.1. The Morgan fingerprint density at radius 3 is 1.85 bits per heavy atom. The molecule has 2 atom stereocenters. The van der Waals surface area contributed by atoms with Gasteiger partial charge in [0.25, 0.3) is 0 Å². The second kappa shape index (κ2) is 12.2. The summed E-state index contributed by atoms with van der Waals surface area (Å²) >= 11 is 0. The number of alkyl carbamates (subject to hydrolysis) is 1. The van der Waals surface area contributed by atoms with Gasteiger partial charge in [-0.05, 0) is 16.7 Å². The van der Waals surface area contributed by atoms with Gasteiger partial charge in [0.05, 0.1) is 14.7 Å². The summed E-state index contributed by atoms with van der Waals surface area (Å²) in [5, 5.41) is 2.71. The molecule has 0 spiro atoms. The molecular formula is C28H33NO4Si. The number of nitrogens with one attached hydrogen (secondary N) is 1. The maximum Gasteiger partial charge on any atom is 0.408 e. The molecule has 5 nitrogen and oxygen atoms in total. The Labute approximate surface area is 203 Å². The Hall–Kier alpha value is -3.38. The van der Waals surface area contributed by atoms with Crippen LogP contribution in [0.2, 0.25) is 19.6 Å². The lowest BCUT2D eigenvalue weighted by Gasteiger charge is -2.29. The maximum absolute atomic E-state index is 13.1. The molecule has 0 radical (unpaired) electrons. The number of amides is 1. The van der Waals surface area contributed by atoms with Crippen LogP contribution in [0, 0.1) is 0 Å². The van der Waals surface area contributed by atoms with E-state index in [-0.39, 0.29) is 18.8 Å². The van der Waals surface area contributed by atoms with E-state index in [0.717, 1.165) is 11.1 Å². The first-order chi connectivity index (χ1) is 16.3. The lowest BCUT2D eigenvalue weighted by Crippen LogP contribution is -2.45. The summed E-state index contributed by atoms with van der Waals surface area (Å²) in [7, 11) is -1.67. The van der Waals surface area contributed by atoms with Crippen molar-refractivity contribution in [2.45, 2.75) is 44.3 Å². The molecule has 34 heavy (non-hydrogen) atoms. The van der Waals surface area contributed by atoms with Gasteiger partial charge in [0.2, 0.25) is 0 Å². The number of esters is 1. The zero-order valence-corrected chi connectivity index (χ0v) is 21.1. The van der Waals surface area contributed by atoms with E-state index in [0.29, 0.717) is 6.42 Å². The van der Waals surface area contributed by atoms with Gasteiger partial charge in [0.1, 0.15) is 12.6 Å². The second-order valence-corrected chi connectivity index (χ2v) is 14.8. The van der Waals surface area contributed by atoms with Gasteiger partial charge < -0.3 is 14.8 Å². The van der Waals surface area contributed by atoms with Gasteiger partial charge in [-0.15, -0.1) is 0 Å². The molecule has 0 heterocycles. The minimum absolute atomic E-state index is 0.130. The topological polar surface area (TPSA) is 64.6 Å². The number of carbonyl (C=O) groups excluding carboxylic acids is 2. The second-order valence-electron chi connectivity index (χ2n) is 9.41. The van der Waals surface area contributed by atoms with E-state index in [4.69, 9.17) is 9.47 Å². The van der Waals surface area contributed by atoms with E-state index in [2.05, 4.69) is 37.1 Å². The van der Waals surface area contributed by atoms with Crippen LogP contribution in [-0.2, 0) is 27.3 Å². The standard InChI is InChI=1S/C28H33NO4Si/c1-34(2,3)26(24-17-11-6-12-18-24)21-32-27(30)25(19-22-13-7-4-8-14-22)29-28(31)33-20-23-15-9-5-10-16-23/h4-18,25-26H,19-21H2,1-3H3,(H,29,31)/t25-,26?/m0/s1. The van der Waals surface area contributed by atoms with Crippen LogP contribution < -0.4 is 5.32 Å². The zero-order chi connectivity index (χ0) is 24.4. The molecule has 1 N–H and O–H groups in total. The largest absolute Gasteiger partial charge is 0.464 e. The minimum atomic E-state index is -1.67. The van der Waals surface area contributed by atoms with Crippen LogP contribution in [0.3, 0.4) is 0 Å². The first kappa shape index (κ1) is 25.2. The van der Waals surface area contributed by atoms with E-state index < -0.39 is 26.2 Å². The summed E-state index contributed by atoms with van der Waals surface area (Å²) in [6.07, 6.45) is -0.324. The molecular weight excluding hydrogens is 442 g/mol. The molecule has 1 amide bonds. The van der Waals surface area contributed by atoms with Crippen molar-refractivity contribution in [2.75, 3.05) is 6.61 Å². The Morgan fingerprint density at radius 1 is 0.765 bits per heavy atom. The van der Waals surface area contributed by atoms with E-state index in [1.54, 1.807) is 0 Å². The smallest absolute Gasteiger partial charge is 0.408 e. The average Bonchev–Trinajstić information content (AvgIpc) is 2.83. The third-order valence-electron chi connectivity index (χ3n) is 5.71. The molecule has 3 aromatic rings. The number of rotatable bonds is 10. The quantitative estimate of drug-likeness (QED) is 0.300. The van der Waals surface area contributed by atoms with Crippen LogP contribution >= 0.6 is 0 Å². The third kappa shape index (κ3) is 7.88. The van der Waals surface area contributed by atoms with Gasteiger partial charge >= 0.3 is 12.1 Å². The van der Waals surface area contributed by atoms with Crippen molar-refractivity contribution < 1.29 is 19.1 Å². The Balaban J connectivity index is 1.67. The highest BCUT2D eigenvalue weighted by Gasteiger charge is 2.31. The SMILES string of the molecule is C[Si](C)(C)C(COC(=O)[C@H](Cc1ccccc1)NC(=O)OCc1ccccc1)c1ccccc1. The van der Waals surface area contributed by atoms with Crippen LogP contribution in [0.4, 0.5) is 4.79 Å². The van der Waals surface area contributed by atoms with E-state index in [9.17, 15) is 9.59 Å². The molecule has 178 valence electrons. The molecule has 3 aromatic carbocycles. The summed E-state index contributed by atoms with van der Waals surface area (Å²) < 4.78 is 11.2. The molecule has 0 fully saturated rings. The van der Waals surface area contributed by atoms with Crippen molar-refractivity contribution in [3.63, 3.8) is 0 Å². The van der Waals surface area contributed by atoms with E-state index in [1.165, 1.54) is 5.56 Å². The average molecular weight is 476 g/mol. The zero-order valence-electron chi connectivity index (χ0n) is 20.1. The Morgan fingerprint density at radius 2 is 1.29 bits per heavy atom. The van der Waals surface area contributed by atoms with Crippen LogP contribution in [0.1, 0.15) is 22.2 Å². The normalized spacial score (nSPS) is 12.9. The Bertz CT molecular complexity index is 1040. The molecule has 0 saturated carbocycles. The number of carbonyl (C=O) groups is 2. The summed E-state index contributed by atoms with van der Waals surface area (Å²) in [4.78, 5) is 25.6. The van der Waals surface area contributed by atoms with Crippen molar-refractivity contribution in [3.05, 3.63) is 108 Å². The summed E-state index contributed by atoms with van der Waals surface area (Å²) in [6, 6.07) is 28.3. The molecule has 1 unspecified atom stereocenters. The van der Waals surface area contributed by atoms with Gasteiger partial charge in [-0.2, -0.15) is 0 Å². The highest BCUT2D eigenvalue weighted by atomic mass is 28.3. The van der Waals surface area contributed by atoms with Gasteiger partial charge in [-0.3, -0.25) is 0 Å². The molecule has 0 aliphatic heterocycles. The fourth-order valence-corrected chi connectivity index (χ4v) is 5.52. The first-order valence-electron chi connectivity index (χ1n) is 11.6. The molecule has 0 aliphatic carbocycles. The van der Waals surface area contributed by atoms with Crippen LogP contribution in [0.15, 0.2) is 91.0 Å². The number of benzene rings is 3. The van der Waals surface area contributed by atoms with Gasteiger partial charge in [-0.25, -0.2) is 9.59 Å². The van der Waals surface area contributed by atoms with Crippen molar-refractivity contribution in [1.82, 2.24) is 5.32 Å². The number of hydrogen-bond acceptors (Lipinski definition) is 4. The van der Waals surface area contributed by atoms with Crippen molar-refractivity contribution >= 4 is 20.1 Å². The van der Waals surface area contributed by atoms with Crippen LogP contribution in [0.25, 0.3) is 0 Å². The highest BCUT2D eigenvalue weighted by Crippen LogP contribution is 2.27. The van der Waals surface area contributed by atoms with Gasteiger partial charge in [0.15, 0.2) is 0 Å². The van der Waals surface area contributed by atoms with Crippen LogP contribution in [-0.4, -0.2) is 32.8 Å². The Kier molecular flexibility index (Phi) is 9.05. The predicted octanol–water partition coefficient (Wildman–Crippen LogP) is 5.73. The summed E-state index contributed by atoms with van der Waals surface area (Å²) in [5.41, 5.74) is 3.13. The van der Waals surface area contributed by atoms with Crippen molar-refractivity contribution in [3.8, 4) is 0 Å². The van der Waals surface area contributed by atoms with Crippen LogP contribution in [0.5, 0.6) is 0 Å². The molecule has 0 aromatic heterocycles. The highest BCUT2D eigenvalue weighted by molar-refractivity contribution is 6.77.